The lowest BCUT2D eigenvalue weighted by Crippen LogP contribution is -2.12. The van der Waals surface area contributed by atoms with Crippen LogP contribution in [0.2, 0.25) is 0 Å². The van der Waals surface area contributed by atoms with E-state index in [1.807, 2.05) is 25.3 Å². The molecular formula is C20H23N3O5S. The number of benzene rings is 1. The number of ether oxygens (including phenoxy) is 1. The molecule has 0 fully saturated rings. The van der Waals surface area contributed by atoms with E-state index in [4.69, 9.17) is 14.3 Å². The minimum Gasteiger partial charge on any atom is -0.452 e. The standard InChI is InChI=1S/C20H23N3O5S/c1-12-9-18(20(24)27-11-19-22-13(2)15(4)28-19)14(3)23(12)10-16-5-7-17(8-6-16)29(21,25)26/h5-9H,10-11H2,1-4H3,(H2,21,25,26). The number of carbonyl (C=O) groups is 1. The van der Waals surface area contributed by atoms with Crippen LogP contribution in [0.1, 0.15) is 44.7 Å². The van der Waals surface area contributed by atoms with E-state index in [0.29, 0.717) is 23.8 Å². The highest BCUT2D eigenvalue weighted by atomic mass is 32.2. The number of oxazole rings is 1. The first-order chi connectivity index (χ1) is 13.6. The molecule has 0 aliphatic carbocycles. The van der Waals surface area contributed by atoms with Gasteiger partial charge in [0.2, 0.25) is 15.9 Å². The van der Waals surface area contributed by atoms with Crippen LogP contribution in [-0.4, -0.2) is 23.9 Å². The fraction of sp³-hybridized carbons (Fsp3) is 0.300. The molecule has 8 nitrogen and oxygen atoms in total. The summed E-state index contributed by atoms with van der Waals surface area (Å²) in [5.74, 6) is 0.599. The van der Waals surface area contributed by atoms with Gasteiger partial charge in [0.05, 0.1) is 16.2 Å². The number of nitrogens with two attached hydrogens (primary N) is 1. The van der Waals surface area contributed by atoms with E-state index in [1.54, 1.807) is 25.1 Å². The maximum atomic E-state index is 12.5. The summed E-state index contributed by atoms with van der Waals surface area (Å²) in [5, 5.41) is 5.13. The van der Waals surface area contributed by atoms with Gasteiger partial charge in [0.15, 0.2) is 6.61 Å². The molecule has 0 spiro atoms. The van der Waals surface area contributed by atoms with Gasteiger partial charge in [0.1, 0.15) is 5.76 Å². The van der Waals surface area contributed by atoms with Crippen LogP contribution in [-0.2, 0) is 27.9 Å². The number of primary sulfonamides is 1. The molecule has 0 saturated heterocycles. The molecule has 0 amide bonds. The number of carbonyl (C=O) groups excluding carboxylic acids is 1. The summed E-state index contributed by atoms with van der Waals surface area (Å²) in [5.41, 5.74) is 3.74. The van der Waals surface area contributed by atoms with Crippen LogP contribution in [0, 0.1) is 27.7 Å². The Bertz CT molecular complexity index is 1140. The van der Waals surface area contributed by atoms with Crippen molar-refractivity contribution in [2.45, 2.75) is 45.7 Å². The van der Waals surface area contributed by atoms with E-state index in [9.17, 15) is 13.2 Å². The van der Waals surface area contributed by atoms with Gasteiger partial charge in [-0.15, -0.1) is 0 Å². The van der Waals surface area contributed by atoms with Crippen molar-refractivity contribution in [3.05, 3.63) is 70.2 Å². The monoisotopic (exact) mass is 417 g/mol. The third kappa shape index (κ3) is 4.57. The first-order valence-electron chi connectivity index (χ1n) is 8.94. The molecule has 9 heteroatoms. The summed E-state index contributed by atoms with van der Waals surface area (Å²) >= 11 is 0. The SMILES string of the molecule is Cc1nc(COC(=O)c2cc(C)n(Cc3ccc(S(N)(=O)=O)cc3)c2C)oc1C. The molecule has 3 aromatic rings. The minimum atomic E-state index is -3.73. The maximum Gasteiger partial charge on any atom is 0.340 e. The highest BCUT2D eigenvalue weighted by molar-refractivity contribution is 7.89. The molecule has 2 aromatic heterocycles. The summed E-state index contributed by atoms with van der Waals surface area (Å²) < 4.78 is 35.5. The van der Waals surface area contributed by atoms with E-state index in [0.717, 1.165) is 22.6 Å². The molecule has 154 valence electrons. The second-order valence-electron chi connectivity index (χ2n) is 6.89. The average molecular weight is 417 g/mol. The molecule has 0 unspecified atom stereocenters. The van der Waals surface area contributed by atoms with Gasteiger partial charge in [-0.25, -0.2) is 23.3 Å². The van der Waals surface area contributed by atoms with Crippen LogP contribution >= 0.6 is 0 Å². The second-order valence-corrected chi connectivity index (χ2v) is 8.45. The number of sulfonamides is 1. The Labute approximate surface area is 169 Å². The largest absolute Gasteiger partial charge is 0.452 e. The van der Waals surface area contributed by atoms with Crippen LogP contribution in [0.25, 0.3) is 0 Å². The topological polar surface area (TPSA) is 117 Å². The number of aryl methyl sites for hydroxylation is 3. The van der Waals surface area contributed by atoms with Gasteiger partial charge in [-0.1, -0.05) is 12.1 Å². The van der Waals surface area contributed by atoms with Crippen molar-refractivity contribution < 1.29 is 22.4 Å². The minimum absolute atomic E-state index is 0.0355. The van der Waals surface area contributed by atoms with E-state index < -0.39 is 16.0 Å². The Morgan fingerprint density at radius 2 is 1.83 bits per heavy atom. The summed E-state index contributed by atoms with van der Waals surface area (Å²) in [6.45, 7) is 7.80. The van der Waals surface area contributed by atoms with Gasteiger partial charge in [0, 0.05) is 17.9 Å². The van der Waals surface area contributed by atoms with Gasteiger partial charge in [0.25, 0.3) is 0 Å². The third-order valence-corrected chi connectivity index (χ3v) is 5.71. The summed E-state index contributed by atoms with van der Waals surface area (Å²) in [7, 11) is -3.73. The smallest absolute Gasteiger partial charge is 0.340 e. The van der Waals surface area contributed by atoms with Crippen LogP contribution in [0.4, 0.5) is 0 Å². The number of esters is 1. The van der Waals surface area contributed by atoms with Crippen LogP contribution < -0.4 is 5.14 Å². The molecule has 0 radical (unpaired) electrons. The van der Waals surface area contributed by atoms with E-state index >= 15 is 0 Å². The molecule has 0 atom stereocenters. The Hall–Kier alpha value is -2.91. The third-order valence-electron chi connectivity index (χ3n) is 4.79. The van der Waals surface area contributed by atoms with Crippen molar-refractivity contribution in [2.75, 3.05) is 0 Å². The predicted molar refractivity (Wildman–Crippen MR) is 106 cm³/mol. The molecule has 1 aromatic carbocycles. The molecule has 2 N–H and O–H groups in total. The second kappa shape index (κ2) is 7.84. The van der Waals surface area contributed by atoms with Gasteiger partial charge in [-0.05, 0) is 51.5 Å². The summed E-state index contributed by atoms with van der Waals surface area (Å²) in [4.78, 5) is 16.8. The number of aromatic nitrogens is 2. The van der Waals surface area contributed by atoms with Crippen molar-refractivity contribution in [3.8, 4) is 0 Å². The van der Waals surface area contributed by atoms with Crippen LogP contribution in [0.15, 0.2) is 39.6 Å². The number of rotatable bonds is 6. The van der Waals surface area contributed by atoms with Gasteiger partial charge in [-0.3, -0.25) is 0 Å². The predicted octanol–water partition coefficient (Wildman–Crippen LogP) is 2.76. The van der Waals surface area contributed by atoms with Crippen molar-refractivity contribution in [1.82, 2.24) is 9.55 Å². The van der Waals surface area contributed by atoms with Gasteiger partial charge < -0.3 is 13.7 Å². The Kier molecular flexibility index (Phi) is 5.63. The zero-order valence-electron chi connectivity index (χ0n) is 16.7. The normalized spacial score (nSPS) is 11.6. The molecular weight excluding hydrogens is 394 g/mol. The zero-order valence-corrected chi connectivity index (χ0v) is 17.5. The first kappa shape index (κ1) is 20.8. The molecule has 0 aliphatic rings. The lowest BCUT2D eigenvalue weighted by Gasteiger charge is -2.10. The first-order valence-corrected chi connectivity index (χ1v) is 10.5. The van der Waals surface area contributed by atoms with Crippen LogP contribution in [0.5, 0.6) is 0 Å². The quantitative estimate of drug-likeness (QED) is 0.616. The summed E-state index contributed by atoms with van der Waals surface area (Å²) in [6, 6.07) is 8.10. The Balaban J connectivity index is 1.74. The number of hydrogen-bond donors (Lipinski definition) is 1. The van der Waals surface area contributed by atoms with Crippen LogP contribution in [0.3, 0.4) is 0 Å². The molecule has 2 heterocycles. The van der Waals surface area contributed by atoms with Crippen molar-refractivity contribution in [2.24, 2.45) is 5.14 Å². The van der Waals surface area contributed by atoms with E-state index in [1.165, 1.54) is 12.1 Å². The molecule has 0 bridgehead atoms. The molecule has 29 heavy (non-hydrogen) atoms. The van der Waals surface area contributed by atoms with Crippen molar-refractivity contribution >= 4 is 16.0 Å². The average Bonchev–Trinajstić information content (AvgIpc) is 3.12. The van der Waals surface area contributed by atoms with Gasteiger partial charge >= 0.3 is 5.97 Å². The number of hydrogen-bond acceptors (Lipinski definition) is 6. The zero-order chi connectivity index (χ0) is 21.3. The fourth-order valence-corrected chi connectivity index (χ4v) is 3.54. The lowest BCUT2D eigenvalue weighted by atomic mass is 10.2. The van der Waals surface area contributed by atoms with Crippen molar-refractivity contribution in [3.63, 3.8) is 0 Å². The molecule has 0 aliphatic heterocycles. The van der Waals surface area contributed by atoms with E-state index in [-0.39, 0.29) is 11.5 Å². The maximum absolute atomic E-state index is 12.5. The highest BCUT2D eigenvalue weighted by Gasteiger charge is 2.18. The lowest BCUT2D eigenvalue weighted by molar-refractivity contribution is 0.0436. The van der Waals surface area contributed by atoms with Gasteiger partial charge in [-0.2, -0.15) is 0 Å². The highest BCUT2D eigenvalue weighted by Crippen LogP contribution is 2.20. The van der Waals surface area contributed by atoms with Crippen molar-refractivity contribution in [1.29, 1.82) is 0 Å². The molecule has 3 rings (SSSR count). The summed E-state index contributed by atoms with van der Waals surface area (Å²) in [6.07, 6.45) is 0. The van der Waals surface area contributed by atoms with E-state index in [2.05, 4.69) is 4.98 Å². The molecule has 0 saturated carbocycles. The fourth-order valence-electron chi connectivity index (χ4n) is 3.02. The Morgan fingerprint density at radius 1 is 1.17 bits per heavy atom. The Morgan fingerprint density at radius 3 is 2.38 bits per heavy atom. The number of nitrogens with zero attached hydrogens (tertiary/aromatic N) is 2.